The zero-order valence-electron chi connectivity index (χ0n) is 27.5. The van der Waals surface area contributed by atoms with Crippen LogP contribution in [0.25, 0.3) is 11.1 Å². The summed E-state index contributed by atoms with van der Waals surface area (Å²) in [6, 6.07) is 15.1. The molecule has 2 saturated heterocycles. The number of amides is 2. The van der Waals surface area contributed by atoms with Gasteiger partial charge >= 0.3 is 12.1 Å². The average molecular weight is 651 g/mol. The number of esters is 1. The van der Waals surface area contributed by atoms with E-state index in [0.29, 0.717) is 13.0 Å². The molecule has 2 heterocycles. The highest BCUT2D eigenvalue weighted by atomic mass is 16.7. The lowest BCUT2D eigenvalue weighted by Crippen LogP contribution is -2.46. The van der Waals surface area contributed by atoms with E-state index >= 15 is 0 Å². The number of fused-ring (bicyclic) bond motifs is 3. The van der Waals surface area contributed by atoms with Crippen LogP contribution in [0.5, 0.6) is 0 Å². The van der Waals surface area contributed by atoms with Gasteiger partial charge in [0.1, 0.15) is 13.2 Å². The quantitative estimate of drug-likeness (QED) is 0.215. The van der Waals surface area contributed by atoms with E-state index in [1.807, 2.05) is 76.2 Å². The molecular weight excluding hydrogens is 604 g/mol. The van der Waals surface area contributed by atoms with Gasteiger partial charge < -0.3 is 39.4 Å². The molecule has 0 bridgehead atoms. The van der Waals surface area contributed by atoms with Crippen LogP contribution in [0.3, 0.4) is 0 Å². The minimum atomic E-state index is -1.02. The fourth-order valence-electron chi connectivity index (χ4n) is 6.84. The van der Waals surface area contributed by atoms with Gasteiger partial charge in [-0.05, 0) is 56.4 Å². The lowest BCUT2D eigenvalue weighted by atomic mass is 9.87. The van der Waals surface area contributed by atoms with Crippen LogP contribution in [-0.2, 0) is 33.3 Å². The van der Waals surface area contributed by atoms with E-state index in [1.54, 1.807) is 0 Å². The molecule has 3 aliphatic rings. The maximum Gasteiger partial charge on any atom is 0.407 e. The van der Waals surface area contributed by atoms with Crippen molar-refractivity contribution in [2.45, 2.75) is 88.6 Å². The monoisotopic (exact) mass is 650 g/mol. The number of benzene rings is 2. The van der Waals surface area contributed by atoms with Crippen LogP contribution in [-0.4, -0.2) is 85.2 Å². The molecule has 0 radical (unpaired) electrons. The number of alkyl carbamates (subject to hydrolysis) is 1. The highest BCUT2D eigenvalue weighted by molar-refractivity contribution is 5.80. The summed E-state index contributed by atoms with van der Waals surface area (Å²) in [6.07, 6.45) is -1.03. The molecule has 1 aliphatic carbocycles. The van der Waals surface area contributed by atoms with E-state index in [4.69, 9.17) is 23.7 Å². The predicted octanol–water partition coefficient (Wildman–Crippen LogP) is 4.22. The first-order valence-electron chi connectivity index (χ1n) is 16.2. The van der Waals surface area contributed by atoms with Gasteiger partial charge in [0, 0.05) is 24.8 Å². The molecule has 0 spiro atoms. The van der Waals surface area contributed by atoms with Gasteiger partial charge in [-0.3, -0.25) is 9.59 Å². The van der Waals surface area contributed by atoms with Gasteiger partial charge in [-0.1, -0.05) is 61.2 Å². The lowest BCUT2D eigenvalue weighted by Gasteiger charge is -2.28. The van der Waals surface area contributed by atoms with E-state index in [2.05, 4.69) is 17.2 Å². The highest BCUT2D eigenvalue weighted by Crippen LogP contribution is 2.45. The topological polar surface area (TPSA) is 142 Å². The summed E-state index contributed by atoms with van der Waals surface area (Å²) in [6.45, 7) is 11.5. The zero-order valence-corrected chi connectivity index (χ0v) is 27.5. The molecule has 2 aliphatic heterocycles. The third kappa shape index (κ3) is 8.58. The molecule has 254 valence electrons. The molecule has 0 saturated carbocycles. The molecule has 2 aromatic rings. The van der Waals surface area contributed by atoms with E-state index < -0.39 is 47.6 Å². The SMILES string of the molecule is C=CCOC(=O)CC(CC(=O)NC[C@H](O)[C@H]1OC(C)(C)C[C@@H]1[C@H]1COC(C)(C)O1)NC(=O)OCC1c2ccccc2-c2ccccc21. The molecule has 2 aromatic carbocycles. The van der Waals surface area contributed by atoms with Crippen LogP contribution >= 0.6 is 0 Å². The Morgan fingerprint density at radius 2 is 1.66 bits per heavy atom. The molecule has 5 atom stereocenters. The summed E-state index contributed by atoms with van der Waals surface area (Å²) in [7, 11) is 0. The van der Waals surface area contributed by atoms with Gasteiger partial charge in [-0.25, -0.2) is 4.79 Å². The van der Waals surface area contributed by atoms with Crippen LogP contribution in [0, 0.1) is 5.92 Å². The average Bonchev–Trinajstić information content (AvgIpc) is 3.67. The normalized spacial score (nSPS) is 23.6. The standard InChI is InChI=1S/C36H46N2O9/c1-6-15-43-32(41)17-22(38-34(42)44-20-28-25-13-9-7-11-23(25)24-12-8-10-14-26(24)28)16-31(40)37-19-29(39)33-27(18-35(2,3)47-33)30-21-45-36(4,5)46-30/h6-14,22,27-30,33,39H,1,15-21H2,2-5H3,(H,37,40)(H,38,42)/t22?,27-,29+,30-,33+/m1/s1. The molecule has 3 N–H and O–H groups in total. The van der Waals surface area contributed by atoms with Crippen LogP contribution in [0.2, 0.25) is 0 Å². The van der Waals surface area contributed by atoms with Gasteiger partial charge in [0.25, 0.3) is 0 Å². The van der Waals surface area contributed by atoms with Crippen molar-refractivity contribution in [3.8, 4) is 11.1 Å². The predicted molar refractivity (Wildman–Crippen MR) is 173 cm³/mol. The number of carbonyl (C=O) groups is 3. The molecule has 11 nitrogen and oxygen atoms in total. The number of rotatable bonds is 13. The van der Waals surface area contributed by atoms with Crippen molar-refractivity contribution >= 4 is 18.0 Å². The van der Waals surface area contributed by atoms with Crippen LogP contribution in [0.4, 0.5) is 4.79 Å². The van der Waals surface area contributed by atoms with Crippen LogP contribution < -0.4 is 10.6 Å². The summed E-state index contributed by atoms with van der Waals surface area (Å²) in [5.74, 6) is -2.08. The summed E-state index contributed by atoms with van der Waals surface area (Å²) < 4.78 is 28.8. The van der Waals surface area contributed by atoms with Crippen LogP contribution in [0.15, 0.2) is 61.2 Å². The van der Waals surface area contributed by atoms with Crippen LogP contribution in [0.1, 0.15) is 64.0 Å². The molecule has 2 amide bonds. The number of aliphatic hydroxyl groups is 1. The minimum absolute atomic E-state index is 0.000715. The molecule has 47 heavy (non-hydrogen) atoms. The number of aliphatic hydroxyl groups excluding tert-OH is 1. The minimum Gasteiger partial charge on any atom is -0.461 e. The maximum atomic E-state index is 13.1. The Labute approximate surface area is 275 Å². The van der Waals surface area contributed by atoms with E-state index in [1.165, 1.54) is 6.08 Å². The number of ether oxygens (including phenoxy) is 5. The Morgan fingerprint density at radius 1 is 1.00 bits per heavy atom. The largest absolute Gasteiger partial charge is 0.461 e. The first-order chi connectivity index (χ1) is 22.4. The fraction of sp³-hybridized carbons (Fsp3) is 0.528. The highest BCUT2D eigenvalue weighted by Gasteiger charge is 2.50. The molecular formula is C36H46N2O9. The maximum absolute atomic E-state index is 13.1. The van der Waals surface area contributed by atoms with Crippen molar-refractivity contribution in [1.29, 1.82) is 0 Å². The van der Waals surface area contributed by atoms with Crippen molar-refractivity contribution < 1.29 is 43.2 Å². The smallest absolute Gasteiger partial charge is 0.407 e. The first-order valence-corrected chi connectivity index (χ1v) is 16.2. The number of hydrogen-bond donors (Lipinski definition) is 3. The van der Waals surface area contributed by atoms with Gasteiger partial charge in [-0.15, -0.1) is 0 Å². The third-order valence-corrected chi connectivity index (χ3v) is 8.87. The second kappa shape index (κ2) is 14.6. The molecule has 11 heteroatoms. The van der Waals surface area contributed by atoms with Gasteiger partial charge in [-0.2, -0.15) is 0 Å². The number of hydrogen-bond acceptors (Lipinski definition) is 9. The third-order valence-electron chi connectivity index (χ3n) is 8.87. The Bertz CT molecular complexity index is 1410. The van der Waals surface area contributed by atoms with Crippen molar-refractivity contribution in [2.24, 2.45) is 5.92 Å². The first kappa shape index (κ1) is 34.6. The summed E-state index contributed by atoms with van der Waals surface area (Å²) in [5, 5.41) is 16.5. The van der Waals surface area contributed by atoms with Crippen molar-refractivity contribution in [3.05, 3.63) is 72.3 Å². The summed E-state index contributed by atoms with van der Waals surface area (Å²) in [4.78, 5) is 38.5. The van der Waals surface area contributed by atoms with Gasteiger partial charge in [0.15, 0.2) is 5.79 Å². The Hall–Kier alpha value is -3.77. The Balaban J connectivity index is 1.17. The molecule has 1 unspecified atom stereocenters. The summed E-state index contributed by atoms with van der Waals surface area (Å²) >= 11 is 0. The zero-order chi connectivity index (χ0) is 33.8. The van der Waals surface area contributed by atoms with Gasteiger partial charge in [0.05, 0.1) is 43.0 Å². The second-order valence-electron chi connectivity index (χ2n) is 13.5. The van der Waals surface area contributed by atoms with E-state index in [-0.39, 0.29) is 50.5 Å². The fourth-order valence-corrected chi connectivity index (χ4v) is 6.84. The molecule has 0 aromatic heterocycles. The second-order valence-corrected chi connectivity index (χ2v) is 13.5. The van der Waals surface area contributed by atoms with E-state index in [0.717, 1.165) is 22.3 Å². The number of nitrogens with one attached hydrogen (secondary N) is 2. The van der Waals surface area contributed by atoms with Crippen molar-refractivity contribution in [2.75, 3.05) is 26.4 Å². The van der Waals surface area contributed by atoms with Crippen molar-refractivity contribution in [3.63, 3.8) is 0 Å². The molecule has 5 rings (SSSR count). The van der Waals surface area contributed by atoms with Crippen molar-refractivity contribution in [1.82, 2.24) is 10.6 Å². The Morgan fingerprint density at radius 3 is 2.28 bits per heavy atom. The van der Waals surface area contributed by atoms with E-state index in [9.17, 15) is 19.5 Å². The van der Waals surface area contributed by atoms with Gasteiger partial charge in [0.2, 0.25) is 5.91 Å². The lowest BCUT2D eigenvalue weighted by molar-refractivity contribution is -0.151. The Kier molecular flexibility index (Phi) is 10.7. The summed E-state index contributed by atoms with van der Waals surface area (Å²) in [5.41, 5.74) is 3.85. The number of carbonyl (C=O) groups excluding carboxylic acids is 3. The molecule has 2 fully saturated rings.